The lowest BCUT2D eigenvalue weighted by Gasteiger charge is -2.36. The van der Waals surface area contributed by atoms with Gasteiger partial charge in [0.2, 0.25) is 0 Å². The molecule has 5 nitrogen and oxygen atoms in total. The summed E-state index contributed by atoms with van der Waals surface area (Å²) in [5.41, 5.74) is 3.93. The molecule has 1 aromatic heterocycles. The van der Waals surface area contributed by atoms with Crippen LogP contribution in [0, 0.1) is 17.1 Å². The Balaban J connectivity index is 1.64. The van der Waals surface area contributed by atoms with Crippen molar-refractivity contribution in [3.8, 4) is 6.07 Å². The molecule has 0 saturated heterocycles. The SMILES string of the molecule is N#Cc1ccc(C(NC(=O)c2cccnc2)N2CCc3ccc(F)cc3C2)cc1. The van der Waals surface area contributed by atoms with Crippen LogP contribution in [0.1, 0.15) is 38.8 Å². The van der Waals surface area contributed by atoms with Crippen molar-refractivity contribution in [1.29, 1.82) is 5.26 Å². The molecule has 4 rings (SSSR count). The van der Waals surface area contributed by atoms with Crippen molar-refractivity contribution in [2.24, 2.45) is 0 Å². The summed E-state index contributed by atoms with van der Waals surface area (Å²) >= 11 is 0. The second-order valence-corrected chi connectivity index (χ2v) is 6.99. The predicted molar refractivity (Wildman–Crippen MR) is 106 cm³/mol. The van der Waals surface area contributed by atoms with Crippen molar-refractivity contribution < 1.29 is 9.18 Å². The van der Waals surface area contributed by atoms with E-state index in [0.29, 0.717) is 17.7 Å². The van der Waals surface area contributed by atoms with Gasteiger partial charge >= 0.3 is 0 Å². The molecular formula is C23H19FN4O. The molecule has 0 aliphatic carbocycles. The van der Waals surface area contributed by atoms with Crippen molar-refractivity contribution in [2.75, 3.05) is 6.54 Å². The van der Waals surface area contributed by atoms with E-state index in [9.17, 15) is 9.18 Å². The number of halogens is 1. The number of hydrogen-bond donors (Lipinski definition) is 1. The summed E-state index contributed by atoms with van der Waals surface area (Å²) < 4.78 is 13.7. The fourth-order valence-corrected chi connectivity index (χ4v) is 3.60. The minimum absolute atomic E-state index is 0.238. The summed E-state index contributed by atoms with van der Waals surface area (Å²) in [7, 11) is 0. The number of rotatable bonds is 4. The van der Waals surface area contributed by atoms with E-state index in [1.807, 2.05) is 18.2 Å². The summed E-state index contributed by atoms with van der Waals surface area (Å²) in [5, 5.41) is 12.1. The van der Waals surface area contributed by atoms with Crippen molar-refractivity contribution in [3.63, 3.8) is 0 Å². The van der Waals surface area contributed by atoms with Crippen molar-refractivity contribution >= 4 is 5.91 Å². The molecule has 6 heteroatoms. The molecule has 1 unspecified atom stereocenters. The van der Waals surface area contributed by atoms with Crippen LogP contribution in [-0.4, -0.2) is 22.3 Å². The quantitative estimate of drug-likeness (QED) is 0.744. The van der Waals surface area contributed by atoms with Crippen LogP contribution in [0.3, 0.4) is 0 Å². The highest BCUT2D eigenvalue weighted by Crippen LogP contribution is 2.27. The van der Waals surface area contributed by atoms with Gasteiger partial charge in [-0.15, -0.1) is 0 Å². The van der Waals surface area contributed by atoms with Gasteiger partial charge in [-0.2, -0.15) is 5.26 Å². The molecule has 1 N–H and O–H groups in total. The second-order valence-electron chi connectivity index (χ2n) is 6.99. The highest BCUT2D eigenvalue weighted by Gasteiger charge is 2.27. The Morgan fingerprint density at radius 2 is 2.00 bits per heavy atom. The third-order valence-corrected chi connectivity index (χ3v) is 5.12. The molecule has 3 aromatic rings. The van der Waals surface area contributed by atoms with E-state index < -0.39 is 6.17 Å². The number of nitriles is 1. The fraction of sp³-hybridized carbons (Fsp3) is 0.174. The van der Waals surface area contributed by atoms with Gasteiger partial charge < -0.3 is 5.32 Å². The summed E-state index contributed by atoms with van der Waals surface area (Å²) in [4.78, 5) is 18.9. The molecule has 1 atom stereocenters. The first kappa shape index (κ1) is 18.8. The molecule has 29 heavy (non-hydrogen) atoms. The number of hydrogen-bond acceptors (Lipinski definition) is 4. The fourth-order valence-electron chi connectivity index (χ4n) is 3.60. The van der Waals surface area contributed by atoms with Gasteiger partial charge in [0.05, 0.1) is 17.2 Å². The van der Waals surface area contributed by atoms with Crippen LogP contribution in [0.15, 0.2) is 67.0 Å². The number of fused-ring (bicyclic) bond motifs is 1. The molecule has 0 spiro atoms. The number of aromatic nitrogens is 1. The summed E-state index contributed by atoms with van der Waals surface area (Å²) in [6, 6.07) is 17.5. The maximum absolute atomic E-state index is 13.7. The number of nitrogens with zero attached hydrogens (tertiary/aromatic N) is 3. The van der Waals surface area contributed by atoms with Crippen LogP contribution in [0.2, 0.25) is 0 Å². The molecule has 2 aromatic carbocycles. The van der Waals surface area contributed by atoms with Crippen molar-refractivity contribution in [3.05, 3.63) is 101 Å². The third-order valence-electron chi connectivity index (χ3n) is 5.12. The van der Waals surface area contributed by atoms with Crippen LogP contribution >= 0.6 is 0 Å². The molecule has 1 aliphatic rings. The first-order valence-corrected chi connectivity index (χ1v) is 9.36. The smallest absolute Gasteiger partial charge is 0.254 e. The van der Waals surface area contributed by atoms with E-state index in [-0.39, 0.29) is 11.7 Å². The zero-order chi connectivity index (χ0) is 20.2. The van der Waals surface area contributed by atoms with Gasteiger partial charge in [-0.25, -0.2) is 4.39 Å². The standard InChI is InChI=1S/C23H19FN4O/c24-21-8-7-17-9-11-28(15-20(17)12-21)22(18-5-3-16(13-25)4-6-18)27-23(29)19-2-1-10-26-14-19/h1-8,10,12,14,22H,9,11,15H2,(H,27,29). The first-order valence-electron chi connectivity index (χ1n) is 9.36. The van der Waals surface area contributed by atoms with E-state index in [1.165, 1.54) is 12.3 Å². The Kier molecular flexibility index (Phi) is 5.32. The number of nitrogens with one attached hydrogen (secondary N) is 1. The highest BCUT2D eigenvalue weighted by atomic mass is 19.1. The number of carbonyl (C=O) groups is 1. The summed E-state index contributed by atoms with van der Waals surface area (Å²) in [6.45, 7) is 1.24. The van der Waals surface area contributed by atoms with E-state index >= 15 is 0 Å². The Bertz CT molecular complexity index is 1060. The van der Waals surface area contributed by atoms with E-state index in [1.54, 1.807) is 36.5 Å². The first-order chi connectivity index (χ1) is 14.1. The molecule has 144 valence electrons. The molecular weight excluding hydrogens is 367 g/mol. The minimum Gasteiger partial charge on any atom is -0.332 e. The van der Waals surface area contributed by atoms with E-state index in [4.69, 9.17) is 5.26 Å². The lowest BCUT2D eigenvalue weighted by molar-refractivity contribution is 0.0824. The number of amides is 1. The van der Waals surface area contributed by atoms with Crippen molar-refractivity contribution in [1.82, 2.24) is 15.2 Å². The molecule has 0 fully saturated rings. The van der Waals surface area contributed by atoms with Crippen LogP contribution in [-0.2, 0) is 13.0 Å². The molecule has 0 saturated carbocycles. The Labute approximate surface area is 168 Å². The van der Waals surface area contributed by atoms with E-state index in [0.717, 1.165) is 29.7 Å². The van der Waals surface area contributed by atoms with Crippen LogP contribution in [0.25, 0.3) is 0 Å². The Morgan fingerprint density at radius 1 is 1.17 bits per heavy atom. The second kappa shape index (κ2) is 8.21. The maximum atomic E-state index is 13.7. The normalized spacial score (nSPS) is 14.5. The summed E-state index contributed by atoms with van der Waals surface area (Å²) in [5.74, 6) is -0.502. The van der Waals surface area contributed by atoms with Gasteiger partial charge in [-0.1, -0.05) is 18.2 Å². The predicted octanol–water partition coefficient (Wildman–Crippen LogP) is 3.58. The monoisotopic (exact) mass is 386 g/mol. The molecule has 1 amide bonds. The van der Waals surface area contributed by atoms with E-state index in [2.05, 4.69) is 21.3 Å². The lowest BCUT2D eigenvalue weighted by Crippen LogP contribution is -2.43. The van der Waals surface area contributed by atoms with Crippen molar-refractivity contribution in [2.45, 2.75) is 19.1 Å². The third kappa shape index (κ3) is 4.15. The van der Waals surface area contributed by atoms with Gasteiger partial charge in [-0.3, -0.25) is 14.7 Å². The Morgan fingerprint density at radius 3 is 2.72 bits per heavy atom. The number of benzene rings is 2. The molecule has 0 radical (unpaired) electrons. The largest absolute Gasteiger partial charge is 0.332 e. The topological polar surface area (TPSA) is 69.0 Å². The Hall–Kier alpha value is -3.56. The number of carbonyl (C=O) groups excluding carboxylic acids is 1. The highest BCUT2D eigenvalue weighted by molar-refractivity contribution is 5.94. The van der Waals surface area contributed by atoms with Gasteiger partial charge in [0.1, 0.15) is 12.0 Å². The van der Waals surface area contributed by atoms with Crippen LogP contribution in [0.4, 0.5) is 4.39 Å². The van der Waals surface area contributed by atoms with Gasteiger partial charge in [0.15, 0.2) is 0 Å². The molecule has 2 heterocycles. The van der Waals surface area contributed by atoms with Gasteiger partial charge in [0.25, 0.3) is 5.91 Å². The minimum atomic E-state index is -0.410. The number of pyridine rings is 1. The van der Waals surface area contributed by atoms with Gasteiger partial charge in [0, 0.05) is 25.5 Å². The zero-order valence-corrected chi connectivity index (χ0v) is 15.7. The lowest BCUT2D eigenvalue weighted by atomic mass is 9.98. The summed E-state index contributed by atoms with van der Waals surface area (Å²) in [6.07, 6.45) is 3.49. The maximum Gasteiger partial charge on any atom is 0.254 e. The molecule has 0 bridgehead atoms. The zero-order valence-electron chi connectivity index (χ0n) is 15.7. The van der Waals surface area contributed by atoms with Crippen LogP contribution in [0.5, 0.6) is 0 Å². The average Bonchev–Trinajstić information content (AvgIpc) is 2.77. The van der Waals surface area contributed by atoms with Gasteiger partial charge in [-0.05, 0) is 59.5 Å². The van der Waals surface area contributed by atoms with Crippen LogP contribution < -0.4 is 5.32 Å². The average molecular weight is 386 g/mol. The molecule has 1 aliphatic heterocycles.